The maximum absolute atomic E-state index is 12.9. The first-order chi connectivity index (χ1) is 13.7. The van der Waals surface area contributed by atoms with Gasteiger partial charge < -0.3 is 15.5 Å². The highest BCUT2D eigenvalue weighted by Crippen LogP contribution is 2.34. The van der Waals surface area contributed by atoms with E-state index >= 15 is 0 Å². The standard InChI is InChI=1S/C22H27N3O2S/c26-21(20-12-6-14-28-20)23-17-9-4-10-18(15-17)24-22(27)25-13-5-11-19(25)16-7-2-1-3-8-16/h4,6,9-10,12,14-16,19H,1-3,5,7-8,11,13H2,(H,23,26)(H,24,27). The minimum atomic E-state index is -0.129. The molecule has 2 fully saturated rings. The Hall–Kier alpha value is -2.34. The Labute approximate surface area is 170 Å². The van der Waals surface area contributed by atoms with Crippen LogP contribution in [0.1, 0.15) is 54.6 Å². The molecule has 2 N–H and O–H groups in total. The molecule has 2 heterocycles. The molecule has 1 aromatic heterocycles. The van der Waals surface area contributed by atoms with Crippen LogP contribution in [0.4, 0.5) is 16.2 Å². The lowest BCUT2D eigenvalue weighted by molar-refractivity contribution is 0.103. The lowest BCUT2D eigenvalue weighted by atomic mass is 9.83. The summed E-state index contributed by atoms with van der Waals surface area (Å²) >= 11 is 1.41. The van der Waals surface area contributed by atoms with E-state index < -0.39 is 0 Å². The van der Waals surface area contributed by atoms with Crippen molar-refractivity contribution in [2.75, 3.05) is 17.2 Å². The van der Waals surface area contributed by atoms with Crippen molar-refractivity contribution in [3.63, 3.8) is 0 Å². The van der Waals surface area contributed by atoms with Crippen LogP contribution in [0.15, 0.2) is 41.8 Å². The molecule has 1 atom stereocenters. The largest absolute Gasteiger partial charge is 0.322 e. The van der Waals surface area contributed by atoms with Gasteiger partial charge in [-0.05, 0) is 61.2 Å². The van der Waals surface area contributed by atoms with E-state index in [4.69, 9.17) is 0 Å². The SMILES string of the molecule is O=C(Nc1cccc(NC(=O)N2CCCC2C2CCCCC2)c1)c1cccs1. The zero-order valence-corrected chi connectivity index (χ0v) is 16.8. The van der Waals surface area contributed by atoms with Gasteiger partial charge in [0.05, 0.1) is 4.88 Å². The molecule has 0 radical (unpaired) electrons. The monoisotopic (exact) mass is 397 g/mol. The van der Waals surface area contributed by atoms with Crippen molar-refractivity contribution >= 4 is 34.6 Å². The van der Waals surface area contributed by atoms with Crippen molar-refractivity contribution in [2.24, 2.45) is 5.92 Å². The second-order valence-corrected chi connectivity index (χ2v) is 8.69. The van der Waals surface area contributed by atoms with Crippen LogP contribution in [-0.4, -0.2) is 29.4 Å². The Bertz CT molecular complexity index is 815. The number of benzene rings is 1. The fraction of sp³-hybridized carbons (Fsp3) is 0.455. The third kappa shape index (κ3) is 4.38. The van der Waals surface area contributed by atoms with Gasteiger partial charge in [-0.1, -0.05) is 31.4 Å². The highest BCUT2D eigenvalue weighted by atomic mass is 32.1. The van der Waals surface area contributed by atoms with Gasteiger partial charge in [0, 0.05) is 24.0 Å². The van der Waals surface area contributed by atoms with Crippen molar-refractivity contribution in [3.05, 3.63) is 46.7 Å². The molecule has 1 saturated heterocycles. The number of carbonyl (C=O) groups is 2. The third-order valence-electron chi connectivity index (χ3n) is 5.87. The van der Waals surface area contributed by atoms with E-state index in [0.717, 1.165) is 19.4 Å². The van der Waals surface area contributed by atoms with E-state index in [-0.39, 0.29) is 11.9 Å². The molecule has 1 aliphatic carbocycles. The molecule has 0 bridgehead atoms. The minimum absolute atomic E-state index is 0.0187. The lowest BCUT2D eigenvalue weighted by Crippen LogP contribution is -2.43. The van der Waals surface area contributed by atoms with E-state index in [2.05, 4.69) is 10.6 Å². The van der Waals surface area contributed by atoms with Crippen LogP contribution in [0, 0.1) is 5.92 Å². The molecule has 1 saturated carbocycles. The average molecular weight is 398 g/mol. The Kier molecular flexibility index (Phi) is 5.95. The van der Waals surface area contributed by atoms with Crippen molar-refractivity contribution in [1.82, 2.24) is 4.90 Å². The summed E-state index contributed by atoms with van der Waals surface area (Å²) in [6.07, 6.45) is 8.63. The van der Waals surface area contributed by atoms with Crippen LogP contribution in [0.2, 0.25) is 0 Å². The topological polar surface area (TPSA) is 61.4 Å². The van der Waals surface area contributed by atoms with Gasteiger partial charge in [-0.25, -0.2) is 4.79 Å². The van der Waals surface area contributed by atoms with Crippen LogP contribution in [0.3, 0.4) is 0 Å². The molecule has 28 heavy (non-hydrogen) atoms. The normalized spacial score (nSPS) is 20.1. The molecule has 3 amide bonds. The Morgan fingerprint density at radius 2 is 1.71 bits per heavy atom. The second-order valence-electron chi connectivity index (χ2n) is 7.74. The van der Waals surface area contributed by atoms with Gasteiger partial charge in [0.15, 0.2) is 0 Å². The van der Waals surface area contributed by atoms with E-state index in [1.54, 1.807) is 6.07 Å². The molecule has 2 aliphatic rings. The number of carbonyl (C=O) groups excluding carboxylic acids is 2. The number of hydrogen-bond acceptors (Lipinski definition) is 3. The summed E-state index contributed by atoms with van der Waals surface area (Å²) in [5.41, 5.74) is 1.39. The van der Waals surface area contributed by atoms with Gasteiger partial charge in [0.25, 0.3) is 5.91 Å². The van der Waals surface area contributed by atoms with Crippen molar-refractivity contribution in [1.29, 1.82) is 0 Å². The van der Waals surface area contributed by atoms with E-state index in [9.17, 15) is 9.59 Å². The molecule has 4 rings (SSSR count). The number of anilines is 2. The number of rotatable bonds is 4. The molecule has 0 spiro atoms. The summed E-state index contributed by atoms with van der Waals surface area (Å²) in [5, 5.41) is 7.81. The number of amides is 3. The van der Waals surface area contributed by atoms with Crippen LogP contribution in [-0.2, 0) is 0 Å². The summed E-state index contributed by atoms with van der Waals surface area (Å²) in [4.78, 5) is 27.9. The number of likely N-dealkylation sites (tertiary alicyclic amines) is 1. The Morgan fingerprint density at radius 1 is 0.929 bits per heavy atom. The van der Waals surface area contributed by atoms with Crippen LogP contribution in [0.5, 0.6) is 0 Å². The van der Waals surface area contributed by atoms with E-state index in [1.807, 2.05) is 40.6 Å². The summed E-state index contributed by atoms with van der Waals surface area (Å²) in [6.45, 7) is 0.835. The maximum atomic E-state index is 12.9. The summed E-state index contributed by atoms with van der Waals surface area (Å²) in [6, 6.07) is 11.4. The number of nitrogens with one attached hydrogen (secondary N) is 2. The van der Waals surface area contributed by atoms with Gasteiger partial charge in [0.2, 0.25) is 0 Å². The van der Waals surface area contributed by atoms with Gasteiger partial charge in [-0.3, -0.25) is 4.79 Å². The average Bonchev–Trinajstić information content (AvgIpc) is 3.41. The zero-order chi connectivity index (χ0) is 19.3. The molecular weight excluding hydrogens is 370 g/mol. The number of hydrogen-bond donors (Lipinski definition) is 2. The minimum Gasteiger partial charge on any atom is -0.321 e. The molecule has 6 heteroatoms. The number of nitrogens with zero attached hydrogens (tertiary/aromatic N) is 1. The van der Waals surface area contributed by atoms with Crippen LogP contribution >= 0.6 is 11.3 Å². The number of urea groups is 1. The van der Waals surface area contributed by atoms with Gasteiger partial charge in [-0.2, -0.15) is 0 Å². The fourth-order valence-electron chi connectivity index (χ4n) is 4.52. The Balaban J connectivity index is 1.39. The molecular formula is C22H27N3O2S. The first-order valence-electron chi connectivity index (χ1n) is 10.2. The Morgan fingerprint density at radius 3 is 2.46 bits per heavy atom. The van der Waals surface area contributed by atoms with Crippen LogP contribution < -0.4 is 10.6 Å². The molecule has 1 unspecified atom stereocenters. The van der Waals surface area contributed by atoms with Gasteiger partial charge in [0.1, 0.15) is 0 Å². The molecule has 148 valence electrons. The highest BCUT2D eigenvalue weighted by Gasteiger charge is 2.35. The predicted molar refractivity (Wildman–Crippen MR) is 114 cm³/mol. The number of thiophene rings is 1. The first-order valence-corrected chi connectivity index (χ1v) is 11.1. The zero-order valence-electron chi connectivity index (χ0n) is 16.0. The molecule has 5 nitrogen and oxygen atoms in total. The van der Waals surface area contributed by atoms with Gasteiger partial charge in [-0.15, -0.1) is 11.3 Å². The van der Waals surface area contributed by atoms with E-state index in [1.165, 1.54) is 43.4 Å². The summed E-state index contributed by atoms with van der Waals surface area (Å²) < 4.78 is 0. The third-order valence-corrected chi connectivity index (χ3v) is 6.74. The van der Waals surface area contributed by atoms with Crippen molar-refractivity contribution in [3.8, 4) is 0 Å². The summed E-state index contributed by atoms with van der Waals surface area (Å²) in [5.74, 6) is 0.522. The maximum Gasteiger partial charge on any atom is 0.322 e. The summed E-state index contributed by atoms with van der Waals surface area (Å²) in [7, 11) is 0. The van der Waals surface area contributed by atoms with Crippen molar-refractivity contribution in [2.45, 2.75) is 51.0 Å². The first kappa shape index (κ1) is 19.0. The fourth-order valence-corrected chi connectivity index (χ4v) is 5.14. The second kappa shape index (κ2) is 8.78. The van der Waals surface area contributed by atoms with Crippen LogP contribution in [0.25, 0.3) is 0 Å². The molecule has 1 aliphatic heterocycles. The quantitative estimate of drug-likeness (QED) is 0.708. The molecule has 1 aromatic carbocycles. The predicted octanol–water partition coefficient (Wildman–Crippen LogP) is 5.58. The highest BCUT2D eigenvalue weighted by molar-refractivity contribution is 7.12. The van der Waals surface area contributed by atoms with Crippen molar-refractivity contribution < 1.29 is 9.59 Å². The van der Waals surface area contributed by atoms with E-state index in [0.29, 0.717) is 28.2 Å². The lowest BCUT2D eigenvalue weighted by Gasteiger charge is -2.34. The smallest absolute Gasteiger partial charge is 0.321 e. The van der Waals surface area contributed by atoms with Gasteiger partial charge >= 0.3 is 6.03 Å². The molecule has 2 aromatic rings.